The van der Waals surface area contributed by atoms with Crippen molar-refractivity contribution in [2.24, 2.45) is 5.92 Å². The summed E-state index contributed by atoms with van der Waals surface area (Å²) in [5.41, 5.74) is 3.19. The SMILES string of the molecule is Cc1cccc(CN2CC(C)NCC2(C)C2CC2)c1. The van der Waals surface area contributed by atoms with E-state index in [1.807, 2.05) is 0 Å². The predicted octanol–water partition coefficient (Wildman–Crippen LogP) is 2.96. The van der Waals surface area contributed by atoms with Crippen LogP contribution in [0.5, 0.6) is 0 Å². The van der Waals surface area contributed by atoms with Crippen LogP contribution < -0.4 is 5.32 Å². The summed E-state index contributed by atoms with van der Waals surface area (Å²) in [5, 5.41) is 3.68. The van der Waals surface area contributed by atoms with Crippen molar-refractivity contribution in [3.63, 3.8) is 0 Å². The largest absolute Gasteiger partial charge is 0.311 e. The summed E-state index contributed by atoms with van der Waals surface area (Å²) in [5.74, 6) is 0.900. The molecule has 1 N–H and O–H groups in total. The van der Waals surface area contributed by atoms with Crippen LogP contribution in [0.4, 0.5) is 0 Å². The Kier molecular flexibility index (Phi) is 3.40. The van der Waals surface area contributed by atoms with Gasteiger partial charge in [-0.05, 0) is 45.1 Å². The Bertz CT molecular complexity index is 452. The number of nitrogens with zero attached hydrogens (tertiary/aromatic N) is 1. The minimum atomic E-state index is 0.357. The molecule has 0 aromatic heterocycles. The summed E-state index contributed by atoms with van der Waals surface area (Å²) in [4.78, 5) is 2.72. The fraction of sp³-hybridized carbons (Fsp3) is 0.647. The number of rotatable bonds is 3. The van der Waals surface area contributed by atoms with Crippen LogP contribution in [0.15, 0.2) is 24.3 Å². The van der Waals surface area contributed by atoms with Gasteiger partial charge in [-0.2, -0.15) is 0 Å². The molecule has 1 saturated heterocycles. The highest BCUT2D eigenvalue weighted by molar-refractivity contribution is 5.23. The minimum Gasteiger partial charge on any atom is -0.311 e. The monoisotopic (exact) mass is 258 g/mol. The lowest BCUT2D eigenvalue weighted by Crippen LogP contribution is -2.63. The van der Waals surface area contributed by atoms with Crippen molar-refractivity contribution in [2.75, 3.05) is 13.1 Å². The highest BCUT2D eigenvalue weighted by atomic mass is 15.3. The molecule has 104 valence electrons. The van der Waals surface area contributed by atoms with Crippen LogP contribution >= 0.6 is 0 Å². The molecule has 0 spiro atoms. The van der Waals surface area contributed by atoms with Gasteiger partial charge < -0.3 is 5.32 Å². The van der Waals surface area contributed by atoms with Gasteiger partial charge in [0, 0.05) is 31.2 Å². The Hall–Kier alpha value is -0.860. The zero-order chi connectivity index (χ0) is 13.5. The lowest BCUT2D eigenvalue weighted by atomic mass is 9.89. The molecule has 1 aliphatic carbocycles. The van der Waals surface area contributed by atoms with E-state index in [0.717, 1.165) is 19.0 Å². The van der Waals surface area contributed by atoms with Crippen LogP contribution in [0.2, 0.25) is 0 Å². The third kappa shape index (κ3) is 2.70. The van der Waals surface area contributed by atoms with E-state index in [0.29, 0.717) is 11.6 Å². The summed E-state index contributed by atoms with van der Waals surface area (Å²) in [6.07, 6.45) is 2.83. The van der Waals surface area contributed by atoms with Gasteiger partial charge in [0.15, 0.2) is 0 Å². The Balaban J connectivity index is 1.79. The molecule has 0 bridgehead atoms. The predicted molar refractivity (Wildman–Crippen MR) is 80.2 cm³/mol. The van der Waals surface area contributed by atoms with E-state index in [1.165, 1.54) is 30.5 Å². The number of aryl methyl sites for hydroxylation is 1. The average Bonchev–Trinajstić information content (AvgIpc) is 3.18. The Morgan fingerprint density at radius 2 is 2.16 bits per heavy atom. The maximum atomic E-state index is 3.68. The highest BCUT2D eigenvalue weighted by Gasteiger charge is 2.47. The fourth-order valence-electron chi connectivity index (χ4n) is 3.48. The molecule has 0 amide bonds. The molecule has 0 radical (unpaired) electrons. The van der Waals surface area contributed by atoms with Crippen molar-refractivity contribution in [1.82, 2.24) is 10.2 Å². The second kappa shape index (κ2) is 4.92. The van der Waals surface area contributed by atoms with E-state index in [-0.39, 0.29) is 0 Å². The molecule has 1 aromatic carbocycles. The summed E-state index contributed by atoms with van der Waals surface area (Å²) in [6, 6.07) is 9.58. The fourth-order valence-corrected chi connectivity index (χ4v) is 3.48. The zero-order valence-electron chi connectivity index (χ0n) is 12.4. The molecule has 1 aromatic rings. The van der Waals surface area contributed by atoms with Crippen LogP contribution in [0, 0.1) is 12.8 Å². The van der Waals surface area contributed by atoms with Gasteiger partial charge in [-0.1, -0.05) is 29.8 Å². The molecule has 2 fully saturated rings. The molecular formula is C17H26N2. The smallest absolute Gasteiger partial charge is 0.0338 e. The second-order valence-electron chi connectivity index (χ2n) is 6.78. The number of hydrogen-bond acceptors (Lipinski definition) is 2. The Morgan fingerprint density at radius 1 is 1.37 bits per heavy atom. The molecule has 2 nitrogen and oxygen atoms in total. The van der Waals surface area contributed by atoms with Crippen molar-refractivity contribution in [1.29, 1.82) is 0 Å². The Labute approximate surface area is 117 Å². The first-order valence-corrected chi connectivity index (χ1v) is 7.62. The van der Waals surface area contributed by atoms with Crippen molar-refractivity contribution in [3.8, 4) is 0 Å². The molecule has 19 heavy (non-hydrogen) atoms. The van der Waals surface area contributed by atoms with Crippen LogP contribution in [-0.4, -0.2) is 29.6 Å². The maximum absolute atomic E-state index is 3.68. The van der Waals surface area contributed by atoms with Crippen molar-refractivity contribution < 1.29 is 0 Å². The molecule has 2 heteroatoms. The summed E-state index contributed by atoms with van der Waals surface area (Å²) < 4.78 is 0. The van der Waals surface area contributed by atoms with E-state index >= 15 is 0 Å². The molecule has 1 aliphatic heterocycles. The lowest BCUT2D eigenvalue weighted by Gasteiger charge is -2.48. The molecule has 3 rings (SSSR count). The van der Waals surface area contributed by atoms with Gasteiger partial charge in [-0.3, -0.25) is 4.90 Å². The van der Waals surface area contributed by atoms with E-state index in [2.05, 4.69) is 55.3 Å². The number of hydrogen-bond donors (Lipinski definition) is 1. The maximum Gasteiger partial charge on any atom is 0.0338 e. The van der Waals surface area contributed by atoms with Gasteiger partial charge in [0.05, 0.1) is 0 Å². The van der Waals surface area contributed by atoms with Crippen molar-refractivity contribution in [3.05, 3.63) is 35.4 Å². The van der Waals surface area contributed by atoms with Gasteiger partial charge in [0.2, 0.25) is 0 Å². The second-order valence-corrected chi connectivity index (χ2v) is 6.78. The Morgan fingerprint density at radius 3 is 2.84 bits per heavy atom. The topological polar surface area (TPSA) is 15.3 Å². The number of nitrogens with one attached hydrogen (secondary N) is 1. The molecule has 1 heterocycles. The quantitative estimate of drug-likeness (QED) is 0.896. The van der Waals surface area contributed by atoms with Crippen LogP contribution in [-0.2, 0) is 6.54 Å². The first-order chi connectivity index (χ1) is 9.08. The van der Waals surface area contributed by atoms with Crippen molar-refractivity contribution in [2.45, 2.75) is 51.7 Å². The summed E-state index contributed by atoms with van der Waals surface area (Å²) in [7, 11) is 0. The molecular weight excluding hydrogens is 232 g/mol. The standard InChI is InChI=1S/C17H26N2/c1-13-5-4-6-15(9-13)11-19-10-14(2)18-12-17(19,3)16-7-8-16/h4-6,9,14,16,18H,7-8,10-12H2,1-3H3. The number of benzene rings is 1. The zero-order valence-corrected chi connectivity index (χ0v) is 12.4. The number of piperazine rings is 1. The van der Waals surface area contributed by atoms with Crippen LogP contribution in [0.3, 0.4) is 0 Å². The van der Waals surface area contributed by atoms with Gasteiger partial charge in [0.25, 0.3) is 0 Å². The normalized spacial score (nSPS) is 32.5. The lowest BCUT2D eigenvalue weighted by molar-refractivity contribution is 0.0312. The van der Waals surface area contributed by atoms with E-state index in [4.69, 9.17) is 0 Å². The van der Waals surface area contributed by atoms with Gasteiger partial charge in [-0.25, -0.2) is 0 Å². The molecule has 1 saturated carbocycles. The van der Waals surface area contributed by atoms with E-state index in [9.17, 15) is 0 Å². The first kappa shape index (κ1) is 13.1. The molecule has 2 aliphatic rings. The molecule has 2 atom stereocenters. The van der Waals surface area contributed by atoms with Gasteiger partial charge in [0.1, 0.15) is 0 Å². The van der Waals surface area contributed by atoms with E-state index in [1.54, 1.807) is 0 Å². The first-order valence-electron chi connectivity index (χ1n) is 7.62. The van der Waals surface area contributed by atoms with E-state index < -0.39 is 0 Å². The van der Waals surface area contributed by atoms with Gasteiger partial charge in [-0.15, -0.1) is 0 Å². The molecule has 2 unspecified atom stereocenters. The highest BCUT2D eigenvalue weighted by Crippen LogP contribution is 2.44. The van der Waals surface area contributed by atoms with Crippen molar-refractivity contribution >= 4 is 0 Å². The minimum absolute atomic E-state index is 0.357. The third-order valence-electron chi connectivity index (χ3n) is 4.94. The van der Waals surface area contributed by atoms with Gasteiger partial charge >= 0.3 is 0 Å². The van der Waals surface area contributed by atoms with Crippen LogP contribution in [0.1, 0.15) is 37.8 Å². The average molecular weight is 258 g/mol. The summed E-state index contributed by atoms with van der Waals surface area (Å²) in [6.45, 7) is 10.4. The third-order valence-corrected chi connectivity index (χ3v) is 4.94. The van der Waals surface area contributed by atoms with Crippen LogP contribution in [0.25, 0.3) is 0 Å². The summed E-state index contributed by atoms with van der Waals surface area (Å²) >= 11 is 0.